The maximum atomic E-state index is 12.8. The van der Waals surface area contributed by atoms with Crippen molar-refractivity contribution < 1.29 is 4.79 Å². The molecule has 2 heterocycles. The largest absolute Gasteiger partial charge is 0.311 e. The Morgan fingerprint density at radius 3 is 3.21 bits per heavy atom. The van der Waals surface area contributed by atoms with Crippen LogP contribution in [0, 0.1) is 5.92 Å². The van der Waals surface area contributed by atoms with E-state index in [0.29, 0.717) is 5.91 Å². The van der Waals surface area contributed by atoms with E-state index in [1.165, 1.54) is 23.2 Å². The minimum atomic E-state index is 0.0727. The first-order valence-electron chi connectivity index (χ1n) is 7.36. The first kappa shape index (κ1) is 11.5. The van der Waals surface area contributed by atoms with Crippen molar-refractivity contribution in [1.82, 2.24) is 5.32 Å². The number of anilines is 1. The normalized spacial score (nSPS) is 32.8. The van der Waals surface area contributed by atoms with Gasteiger partial charge in [0.2, 0.25) is 5.91 Å². The Morgan fingerprint density at radius 2 is 2.32 bits per heavy atom. The van der Waals surface area contributed by atoms with E-state index in [1.54, 1.807) is 0 Å². The Morgan fingerprint density at radius 1 is 1.42 bits per heavy atom. The van der Waals surface area contributed by atoms with Gasteiger partial charge in [0.1, 0.15) is 0 Å². The molecule has 2 atom stereocenters. The predicted octanol–water partition coefficient (Wildman–Crippen LogP) is 2.19. The molecule has 1 fully saturated rings. The molecule has 1 N–H and O–H groups in total. The molecule has 1 aromatic rings. The van der Waals surface area contributed by atoms with Gasteiger partial charge < -0.3 is 10.2 Å². The summed E-state index contributed by atoms with van der Waals surface area (Å²) >= 11 is 0. The van der Waals surface area contributed by atoms with Gasteiger partial charge in [0.05, 0.1) is 5.69 Å². The standard InChI is InChI=1S/C16H20N2O/c1-16-7-3-6-13(16)15(19)18-9-8-17-10-11-4-2-5-12(16)14(11)18/h2,4-5,13,17H,3,6-10H2,1H3/t13-,16+/m1/s1. The summed E-state index contributed by atoms with van der Waals surface area (Å²) < 4.78 is 0. The summed E-state index contributed by atoms with van der Waals surface area (Å²) in [7, 11) is 0. The van der Waals surface area contributed by atoms with Gasteiger partial charge in [-0.2, -0.15) is 0 Å². The number of carbonyl (C=O) groups excluding carboxylic acids is 1. The molecule has 0 unspecified atom stereocenters. The van der Waals surface area contributed by atoms with Crippen molar-refractivity contribution in [3.8, 4) is 0 Å². The van der Waals surface area contributed by atoms with E-state index in [9.17, 15) is 4.79 Å². The average Bonchev–Trinajstić information content (AvgIpc) is 2.69. The van der Waals surface area contributed by atoms with Gasteiger partial charge in [-0.25, -0.2) is 0 Å². The maximum absolute atomic E-state index is 12.8. The summed E-state index contributed by atoms with van der Waals surface area (Å²) in [5.74, 6) is 0.567. The highest BCUT2D eigenvalue weighted by Gasteiger charge is 2.51. The van der Waals surface area contributed by atoms with Crippen LogP contribution >= 0.6 is 0 Å². The van der Waals surface area contributed by atoms with Crippen molar-refractivity contribution in [1.29, 1.82) is 0 Å². The van der Waals surface area contributed by atoms with E-state index in [2.05, 4.69) is 35.3 Å². The first-order chi connectivity index (χ1) is 9.22. The van der Waals surface area contributed by atoms with Crippen LogP contribution in [0.4, 0.5) is 5.69 Å². The number of rotatable bonds is 0. The van der Waals surface area contributed by atoms with Gasteiger partial charge in [0.25, 0.3) is 0 Å². The van der Waals surface area contributed by atoms with Gasteiger partial charge in [-0.1, -0.05) is 31.5 Å². The zero-order valence-corrected chi connectivity index (χ0v) is 11.4. The molecule has 0 saturated heterocycles. The molecule has 1 amide bonds. The molecule has 0 aromatic heterocycles. The van der Waals surface area contributed by atoms with Crippen LogP contribution in [0.1, 0.15) is 37.3 Å². The molecule has 1 saturated carbocycles. The molecule has 0 radical (unpaired) electrons. The van der Waals surface area contributed by atoms with Crippen molar-refractivity contribution >= 4 is 11.6 Å². The molecule has 100 valence electrons. The number of amides is 1. The molecule has 1 aliphatic carbocycles. The van der Waals surface area contributed by atoms with E-state index in [0.717, 1.165) is 32.5 Å². The summed E-state index contributed by atoms with van der Waals surface area (Å²) in [6, 6.07) is 6.58. The van der Waals surface area contributed by atoms with Crippen LogP contribution < -0.4 is 10.2 Å². The predicted molar refractivity (Wildman–Crippen MR) is 75.2 cm³/mol. The first-order valence-corrected chi connectivity index (χ1v) is 7.36. The number of carbonyl (C=O) groups is 1. The van der Waals surface area contributed by atoms with Crippen LogP contribution in [0.2, 0.25) is 0 Å². The van der Waals surface area contributed by atoms with Gasteiger partial charge in [-0.3, -0.25) is 4.79 Å². The third-order valence-electron chi connectivity index (χ3n) is 5.35. The van der Waals surface area contributed by atoms with Gasteiger partial charge in [-0.15, -0.1) is 0 Å². The highest BCUT2D eigenvalue weighted by molar-refractivity contribution is 6.01. The fourth-order valence-electron chi connectivity index (χ4n) is 4.33. The zero-order valence-electron chi connectivity index (χ0n) is 11.4. The van der Waals surface area contributed by atoms with Crippen LogP contribution in [0.3, 0.4) is 0 Å². The quantitative estimate of drug-likeness (QED) is 0.771. The molecule has 4 rings (SSSR count). The Labute approximate surface area is 114 Å². The fraction of sp³-hybridized carbons (Fsp3) is 0.562. The van der Waals surface area contributed by atoms with Gasteiger partial charge in [0.15, 0.2) is 0 Å². The SMILES string of the molecule is C[C@@]12CCC[C@@H]1C(=O)N1CCNCc3cccc2c31. The second-order valence-electron chi connectivity index (χ2n) is 6.34. The number of benzene rings is 1. The molecule has 0 bridgehead atoms. The Balaban J connectivity index is 1.99. The molecule has 19 heavy (non-hydrogen) atoms. The summed E-state index contributed by atoms with van der Waals surface area (Å²) in [5, 5.41) is 3.43. The van der Waals surface area contributed by atoms with E-state index in [-0.39, 0.29) is 11.3 Å². The molecule has 3 heteroatoms. The molecule has 3 aliphatic rings. The Hall–Kier alpha value is -1.35. The summed E-state index contributed by atoms with van der Waals surface area (Å²) in [4.78, 5) is 14.9. The number of fused-ring (bicyclic) bond motifs is 2. The van der Waals surface area contributed by atoms with Crippen molar-refractivity contribution in [2.24, 2.45) is 5.92 Å². The molecular formula is C16H20N2O. The summed E-state index contributed by atoms with van der Waals surface area (Å²) in [6.45, 7) is 4.89. The lowest BCUT2D eigenvalue weighted by Gasteiger charge is -2.43. The van der Waals surface area contributed by atoms with Crippen molar-refractivity contribution in [3.05, 3.63) is 29.3 Å². The van der Waals surface area contributed by atoms with Crippen LogP contribution in [0.15, 0.2) is 18.2 Å². The number of nitrogens with zero attached hydrogens (tertiary/aromatic N) is 1. The van der Waals surface area contributed by atoms with Crippen molar-refractivity contribution in [3.63, 3.8) is 0 Å². The maximum Gasteiger partial charge on any atom is 0.231 e. The van der Waals surface area contributed by atoms with E-state index in [1.807, 2.05) is 0 Å². The monoisotopic (exact) mass is 256 g/mol. The molecular weight excluding hydrogens is 236 g/mol. The minimum Gasteiger partial charge on any atom is -0.311 e. The fourth-order valence-corrected chi connectivity index (χ4v) is 4.33. The Kier molecular flexibility index (Phi) is 2.31. The second-order valence-corrected chi connectivity index (χ2v) is 6.34. The number of hydrogen-bond acceptors (Lipinski definition) is 2. The summed E-state index contributed by atoms with van der Waals surface area (Å²) in [5.41, 5.74) is 3.99. The van der Waals surface area contributed by atoms with E-state index >= 15 is 0 Å². The van der Waals surface area contributed by atoms with Crippen LogP contribution in [-0.2, 0) is 16.8 Å². The topological polar surface area (TPSA) is 32.3 Å². The number of nitrogens with one attached hydrogen (secondary N) is 1. The van der Waals surface area contributed by atoms with Crippen molar-refractivity contribution in [2.45, 2.75) is 38.1 Å². The van der Waals surface area contributed by atoms with Gasteiger partial charge in [-0.05, 0) is 24.0 Å². The number of para-hydroxylation sites is 1. The molecule has 3 nitrogen and oxygen atoms in total. The van der Waals surface area contributed by atoms with Crippen LogP contribution in [0.25, 0.3) is 0 Å². The highest BCUT2D eigenvalue weighted by Crippen LogP contribution is 2.53. The van der Waals surface area contributed by atoms with Gasteiger partial charge >= 0.3 is 0 Å². The van der Waals surface area contributed by atoms with Crippen LogP contribution in [-0.4, -0.2) is 19.0 Å². The molecule has 0 spiro atoms. The Bertz CT molecular complexity index is 554. The zero-order chi connectivity index (χ0) is 13.0. The third kappa shape index (κ3) is 1.39. The average molecular weight is 256 g/mol. The lowest BCUT2D eigenvalue weighted by Crippen LogP contribution is -2.49. The van der Waals surface area contributed by atoms with Crippen LogP contribution in [0.5, 0.6) is 0 Å². The highest BCUT2D eigenvalue weighted by atomic mass is 16.2. The lowest BCUT2D eigenvalue weighted by atomic mass is 9.69. The van der Waals surface area contributed by atoms with E-state index < -0.39 is 0 Å². The lowest BCUT2D eigenvalue weighted by molar-refractivity contribution is -0.124. The van der Waals surface area contributed by atoms with E-state index in [4.69, 9.17) is 0 Å². The summed E-state index contributed by atoms with van der Waals surface area (Å²) in [6.07, 6.45) is 3.40. The minimum absolute atomic E-state index is 0.0727. The second kappa shape index (κ2) is 3.83. The van der Waals surface area contributed by atoms with Gasteiger partial charge in [0, 0.05) is 31.0 Å². The molecule has 2 aliphatic heterocycles. The number of hydrogen-bond donors (Lipinski definition) is 1. The molecule has 1 aromatic carbocycles. The smallest absolute Gasteiger partial charge is 0.231 e. The third-order valence-corrected chi connectivity index (χ3v) is 5.35. The van der Waals surface area contributed by atoms with Crippen molar-refractivity contribution in [2.75, 3.05) is 18.0 Å².